The number of aliphatic hydroxyl groups is 1. The number of imidazole rings is 1. The molecular weight excluding hydrogens is 703 g/mol. The van der Waals surface area contributed by atoms with Gasteiger partial charge >= 0.3 is 0 Å². The molecule has 1 aromatic carbocycles. The number of carbonyl (C=O) groups excluding carboxylic acids is 4. The van der Waals surface area contributed by atoms with E-state index in [4.69, 9.17) is 9.47 Å². The number of thiophene rings is 1. The summed E-state index contributed by atoms with van der Waals surface area (Å²) < 4.78 is 13.2. The molecule has 0 saturated carbocycles. The van der Waals surface area contributed by atoms with Crippen molar-refractivity contribution in [2.24, 2.45) is 5.92 Å². The number of carbonyl (C=O) groups is 4. The van der Waals surface area contributed by atoms with Gasteiger partial charge in [-0.15, -0.1) is 16.4 Å². The van der Waals surface area contributed by atoms with E-state index in [-0.39, 0.29) is 42.7 Å². The Morgan fingerprint density at radius 3 is 2.60 bits per heavy atom. The smallest absolute Gasteiger partial charge is 0.263 e. The number of aryl methyl sites for hydroxylation is 1. The van der Waals surface area contributed by atoms with Crippen LogP contribution < -0.4 is 25.4 Å². The van der Waals surface area contributed by atoms with Crippen molar-refractivity contribution in [2.75, 3.05) is 26.7 Å². The number of benzene rings is 1. The van der Waals surface area contributed by atoms with Gasteiger partial charge in [-0.1, -0.05) is 19.1 Å². The summed E-state index contributed by atoms with van der Waals surface area (Å²) >= 11 is 1.36. The molecule has 0 spiro atoms. The predicted octanol–water partition coefficient (Wildman–Crippen LogP) is 2.77. The summed E-state index contributed by atoms with van der Waals surface area (Å²) in [7, 11) is 1.49. The highest BCUT2D eigenvalue weighted by atomic mass is 32.1. The van der Waals surface area contributed by atoms with E-state index < -0.39 is 35.9 Å². The van der Waals surface area contributed by atoms with Gasteiger partial charge in [0.2, 0.25) is 11.8 Å². The lowest BCUT2D eigenvalue weighted by Gasteiger charge is -2.26. The number of fused-ring (bicyclic) bond motifs is 4. The first-order chi connectivity index (χ1) is 25.5. The third-order valence-electron chi connectivity index (χ3n) is 8.58. The summed E-state index contributed by atoms with van der Waals surface area (Å²) in [5.41, 5.74) is 0.779. The first kappa shape index (κ1) is 38.9. The highest BCUT2D eigenvalue weighted by Crippen LogP contribution is 2.29. The summed E-state index contributed by atoms with van der Waals surface area (Å²) in [6.45, 7) is 6.93. The van der Waals surface area contributed by atoms with Crippen molar-refractivity contribution in [3.63, 3.8) is 0 Å². The van der Waals surface area contributed by atoms with E-state index >= 15 is 0 Å². The third kappa shape index (κ3) is 10.6. The van der Waals surface area contributed by atoms with E-state index in [2.05, 4.69) is 36.2 Å². The van der Waals surface area contributed by atoms with Crippen LogP contribution in [-0.2, 0) is 22.7 Å². The van der Waals surface area contributed by atoms with Crippen LogP contribution in [0.2, 0.25) is 0 Å². The van der Waals surface area contributed by atoms with Crippen LogP contribution in [0.3, 0.4) is 0 Å². The van der Waals surface area contributed by atoms with Crippen LogP contribution in [0.5, 0.6) is 11.5 Å². The van der Waals surface area contributed by atoms with E-state index in [1.54, 1.807) is 46.4 Å². The molecule has 0 radical (unpaired) electrons. The fourth-order valence-corrected chi connectivity index (χ4v) is 6.76. The summed E-state index contributed by atoms with van der Waals surface area (Å²) in [6, 6.07) is 6.09. The minimum absolute atomic E-state index is 0.0178. The fraction of sp³-hybridized carbons (Fsp3) is 0.472. The quantitative estimate of drug-likeness (QED) is 0.195. The van der Waals surface area contributed by atoms with Gasteiger partial charge in [-0.25, -0.2) is 4.98 Å². The van der Waals surface area contributed by atoms with E-state index in [0.29, 0.717) is 61.0 Å². The lowest BCUT2D eigenvalue weighted by atomic mass is 10.0. The molecule has 3 aromatic heterocycles. The first-order valence-corrected chi connectivity index (χ1v) is 18.5. The number of aromatic nitrogens is 5. The number of nitrogens with zero attached hydrogens (tertiary/aromatic N) is 5. The molecule has 5 rings (SSSR count). The maximum absolute atomic E-state index is 13.7. The van der Waals surface area contributed by atoms with E-state index in [1.165, 1.54) is 31.4 Å². The molecule has 4 amide bonds. The number of methoxy groups -OCH3 is 1. The van der Waals surface area contributed by atoms with Gasteiger partial charge in [0.05, 0.1) is 29.2 Å². The standard InChI is InChI=1S/C36H47N9O7S/c1-22(2)18-26-34(48)41-31(23(3)46)35(49)39-12-5-6-15-44(36(50)30-11-10-29(53-30)32-37-13-14-38-32)16-7-17-45-20-25(42-43-45)21-52-28-19-24(33(47)40-26)8-9-27(28)51-4/h8-11,13-14,19-20,22-23,26,31,46H,5-7,12,15-18,21H2,1-4H3,(H,37,38)(H,39,49)(H,40,47)(H,41,48)/t23-,26-,31+/m1/s1. The van der Waals surface area contributed by atoms with E-state index in [9.17, 15) is 24.3 Å². The van der Waals surface area contributed by atoms with Crippen LogP contribution >= 0.6 is 11.3 Å². The predicted molar refractivity (Wildman–Crippen MR) is 196 cm³/mol. The van der Waals surface area contributed by atoms with Crippen molar-refractivity contribution in [3.8, 4) is 22.2 Å². The van der Waals surface area contributed by atoms with Crippen LogP contribution in [0.15, 0.2) is 48.9 Å². The normalized spacial score (nSPS) is 19.0. The summed E-state index contributed by atoms with van der Waals surface area (Å²) in [5, 5.41) is 27.2. The van der Waals surface area contributed by atoms with Crippen molar-refractivity contribution in [1.82, 2.24) is 45.8 Å². The fourth-order valence-electron chi connectivity index (χ4n) is 5.82. The summed E-state index contributed by atoms with van der Waals surface area (Å²) in [6.07, 6.45) is 5.96. The van der Waals surface area contributed by atoms with Gasteiger partial charge in [0.15, 0.2) is 11.5 Å². The molecule has 1 aliphatic heterocycles. The maximum Gasteiger partial charge on any atom is 0.263 e. The van der Waals surface area contributed by atoms with Gasteiger partial charge < -0.3 is 40.4 Å². The molecule has 16 nitrogen and oxygen atoms in total. The van der Waals surface area contributed by atoms with Crippen LogP contribution in [0, 0.1) is 5.92 Å². The Morgan fingerprint density at radius 2 is 1.87 bits per heavy atom. The average molecular weight is 750 g/mol. The second-order valence-corrected chi connectivity index (χ2v) is 14.3. The Kier molecular flexibility index (Phi) is 13.6. The third-order valence-corrected chi connectivity index (χ3v) is 9.66. The van der Waals surface area contributed by atoms with Crippen molar-refractivity contribution in [3.05, 3.63) is 65.1 Å². The van der Waals surface area contributed by atoms with Gasteiger partial charge in [0, 0.05) is 44.1 Å². The maximum atomic E-state index is 13.7. The lowest BCUT2D eigenvalue weighted by molar-refractivity contribution is -0.132. The molecule has 4 bridgehead atoms. The molecular formula is C36H47N9O7S. The molecule has 0 saturated heterocycles. The Labute approximate surface area is 311 Å². The number of hydrogen-bond acceptors (Lipinski definition) is 11. The Morgan fingerprint density at radius 1 is 1.06 bits per heavy atom. The number of aromatic amines is 1. The minimum Gasteiger partial charge on any atom is -0.493 e. The van der Waals surface area contributed by atoms with Crippen molar-refractivity contribution in [2.45, 2.75) is 77.8 Å². The molecule has 0 unspecified atom stereocenters. The van der Waals surface area contributed by atoms with E-state index in [0.717, 1.165) is 4.88 Å². The number of rotatable bonds is 6. The zero-order chi connectivity index (χ0) is 37.9. The van der Waals surface area contributed by atoms with Crippen molar-refractivity contribution < 1.29 is 33.8 Å². The minimum atomic E-state index is -1.25. The number of nitrogens with one attached hydrogen (secondary N) is 4. The molecule has 0 fully saturated rings. The second kappa shape index (κ2) is 18.5. The Balaban J connectivity index is 1.36. The Hall–Kier alpha value is -5.29. The largest absolute Gasteiger partial charge is 0.493 e. The van der Waals surface area contributed by atoms with Crippen LogP contribution in [-0.4, -0.2) is 104 Å². The summed E-state index contributed by atoms with van der Waals surface area (Å²) in [4.78, 5) is 64.5. The SMILES string of the molecule is COc1ccc2cc1OCc1cn(nn1)CCCN(C(=O)c1ccc(-c3ncc[nH]3)s1)CCCCNC(=O)[C@H]([C@@H](C)O)NC(=O)[C@@H](CC(C)C)NC2=O. The van der Waals surface area contributed by atoms with Crippen LogP contribution in [0.1, 0.15) is 72.2 Å². The lowest BCUT2D eigenvalue weighted by Crippen LogP contribution is -2.57. The van der Waals surface area contributed by atoms with Gasteiger partial charge in [0.25, 0.3) is 11.8 Å². The van der Waals surface area contributed by atoms with Gasteiger partial charge in [-0.2, -0.15) is 0 Å². The van der Waals surface area contributed by atoms with E-state index in [1.807, 2.05) is 19.9 Å². The molecule has 53 heavy (non-hydrogen) atoms. The second-order valence-electron chi connectivity index (χ2n) is 13.3. The molecule has 0 aliphatic carbocycles. The molecule has 4 aromatic rings. The number of amides is 4. The van der Waals surface area contributed by atoms with Crippen molar-refractivity contribution in [1.29, 1.82) is 0 Å². The number of H-pyrrole nitrogens is 1. The monoisotopic (exact) mass is 749 g/mol. The van der Waals surface area contributed by atoms with Gasteiger partial charge in [0.1, 0.15) is 30.2 Å². The molecule has 17 heteroatoms. The van der Waals surface area contributed by atoms with Crippen LogP contribution in [0.25, 0.3) is 10.7 Å². The molecule has 5 N–H and O–H groups in total. The highest BCUT2D eigenvalue weighted by molar-refractivity contribution is 7.17. The number of aliphatic hydroxyl groups excluding tert-OH is 1. The highest BCUT2D eigenvalue weighted by Gasteiger charge is 2.30. The molecule has 4 heterocycles. The molecule has 3 atom stereocenters. The first-order valence-electron chi connectivity index (χ1n) is 17.7. The molecule has 284 valence electrons. The zero-order valence-electron chi connectivity index (χ0n) is 30.3. The molecule has 1 aliphatic rings. The topological polar surface area (TPSA) is 206 Å². The van der Waals surface area contributed by atoms with Crippen molar-refractivity contribution >= 4 is 35.0 Å². The van der Waals surface area contributed by atoms with Gasteiger partial charge in [-0.3, -0.25) is 23.9 Å². The van der Waals surface area contributed by atoms with Gasteiger partial charge in [-0.05, 0) is 68.9 Å². The average Bonchev–Trinajstić information content (AvgIpc) is 3.93. The number of hydrogen-bond donors (Lipinski definition) is 5. The van der Waals surface area contributed by atoms with Crippen LogP contribution in [0.4, 0.5) is 0 Å². The zero-order valence-corrected chi connectivity index (χ0v) is 31.1. The number of ether oxygens (including phenoxy) is 2. The summed E-state index contributed by atoms with van der Waals surface area (Å²) in [5.74, 6) is -0.403. The Bertz CT molecular complexity index is 1840.